The molecular weight excluding hydrogens is 388 g/mol. The van der Waals surface area contributed by atoms with Crippen molar-refractivity contribution in [3.05, 3.63) is 35.4 Å². The van der Waals surface area contributed by atoms with Gasteiger partial charge in [0, 0.05) is 38.4 Å². The van der Waals surface area contributed by atoms with Gasteiger partial charge in [0.25, 0.3) is 5.92 Å². The molecule has 166 valence electrons. The van der Waals surface area contributed by atoms with Crippen molar-refractivity contribution in [3.63, 3.8) is 0 Å². The number of likely N-dealkylation sites (tertiary alicyclic amines) is 1. The van der Waals surface area contributed by atoms with E-state index in [0.29, 0.717) is 32.5 Å². The van der Waals surface area contributed by atoms with Gasteiger partial charge in [-0.25, -0.2) is 8.78 Å². The van der Waals surface area contributed by atoms with Crippen LogP contribution in [0.1, 0.15) is 80.9 Å². The molecule has 3 N–H and O–H groups in total. The largest absolute Gasteiger partial charge is 0.330 e. The average molecular weight is 422 g/mol. The van der Waals surface area contributed by atoms with Crippen LogP contribution in [-0.4, -0.2) is 42.3 Å². The van der Waals surface area contributed by atoms with Crippen LogP contribution in [0.2, 0.25) is 0 Å². The Hall–Kier alpha value is -1.86. The number of nitrogens with one attached hydrogen (secondary N) is 1. The van der Waals surface area contributed by atoms with E-state index in [1.54, 1.807) is 0 Å². The van der Waals surface area contributed by atoms with E-state index < -0.39 is 5.92 Å². The van der Waals surface area contributed by atoms with Crippen molar-refractivity contribution >= 4 is 11.8 Å². The Labute approximate surface area is 177 Å². The molecule has 2 unspecified atom stereocenters. The van der Waals surface area contributed by atoms with Crippen LogP contribution in [-0.2, 0) is 9.59 Å². The van der Waals surface area contributed by atoms with E-state index in [-0.39, 0.29) is 36.6 Å². The van der Waals surface area contributed by atoms with E-state index in [2.05, 4.69) is 10.2 Å². The summed E-state index contributed by atoms with van der Waals surface area (Å²) < 4.78 is 27.4. The minimum Gasteiger partial charge on any atom is -0.330 e. The summed E-state index contributed by atoms with van der Waals surface area (Å²) in [5, 5.41) is 2.42. The molecule has 2 heterocycles. The molecule has 0 radical (unpaired) electrons. The minimum absolute atomic E-state index is 0.0622. The van der Waals surface area contributed by atoms with Crippen molar-refractivity contribution in [2.45, 2.75) is 75.7 Å². The number of benzene rings is 1. The quantitative estimate of drug-likeness (QED) is 0.469. The first-order valence-corrected chi connectivity index (χ1v) is 11.1. The van der Waals surface area contributed by atoms with Crippen molar-refractivity contribution in [1.82, 2.24) is 10.2 Å². The number of imide groups is 1. The number of piperidine rings is 2. The third kappa shape index (κ3) is 6.08. The van der Waals surface area contributed by atoms with E-state index in [0.717, 1.165) is 43.2 Å². The normalized spacial score (nSPS) is 23.2. The number of halogens is 2. The lowest BCUT2D eigenvalue weighted by Crippen LogP contribution is -2.41. The summed E-state index contributed by atoms with van der Waals surface area (Å²) in [6, 6.07) is 8.00. The van der Waals surface area contributed by atoms with Gasteiger partial charge >= 0.3 is 0 Å². The van der Waals surface area contributed by atoms with Gasteiger partial charge in [-0.1, -0.05) is 43.5 Å². The van der Waals surface area contributed by atoms with Gasteiger partial charge in [0.05, 0.1) is 5.92 Å². The van der Waals surface area contributed by atoms with Gasteiger partial charge in [0.2, 0.25) is 11.8 Å². The molecule has 0 saturated carbocycles. The second kappa shape index (κ2) is 10.4. The number of nitrogens with zero attached hydrogens (tertiary/aromatic N) is 1. The molecule has 3 rings (SSSR count). The van der Waals surface area contributed by atoms with Gasteiger partial charge in [-0.3, -0.25) is 19.8 Å². The topological polar surface area (TPSA) is 75.4 Å². The van der Waals surface area contributed by atoms with E-state index in [1.807, 2.05) is 24.3 Å². The molecule has 5 nitrogen and oxygen atoms in total. The molecule has 1 aromatic rings. The van der Waals surface area contributed by atoms with E-state index in [4.69, 9.17) is 5.73 Å². The van der Waals surface area contributed by atoms with Gasteiger partial charge < -0.3 is 5.73 Å². The second-order valence-corrected chi connectivity index (χ2v) is 8.57. The van der Waals surface area contributed by atoms with Crippen LogP contribution in [0.15, 0.2) is 24.3 Å². The van der Waals surface area contributed by atoms with Crippen LogP contribution < -0.4 is 11.1 Å². The predicted octanol–water partition coefficient (Wildman–Crippen LogP) is 3.89. The Kier molecular flexibility index (Phi) is 7.94. The van der Waals surface area contributed by atoms with Gasteiger partial charge in [-0.05, 0) is 36.9 Å². The Bertz CT molecular complexity index is 731. The molecule has 0 bridgehead atoms. The smallest absolute Gasteiger partial charge is 0.250 e. The molecule has 7 heteroatoms. The highest BCUT2D eigenvalue weighted by atomic mass is 19.3. The van der Waals surface area contributed by atoms with Gasteiger partial charge in [0.15, 0.2) is 0 Å². The van der Waals surface area contributed by atoms with Crippen molar-refractivity contribution in [2.24, 2.45) is 5.73 Å². The zero-order valence-electron chi connectivity index (χ0n) is 17.5. The zero-order chi connectivity index (χ0) is 21.6. The molecule has 2 fully saturated rings. The molecule has 2 amide bonds. The van der Waals surface area contributed by atoms with E-state index in [1.165, 1.54) is 0 Å². The molecular formula is C23H33F2N3O2. The highest BCUT2D eigenvalue weighted by molar-refractivity contribution is 6.00. The number of hydrogen-bond donors (Lipinski definition) is 2. The summed E-state index contributed by atoms with van der Waals surface area (Å²) in [4.78, 5) is 25.9. The molecule has 2 atom stereocenters. The lowest BCUT2D eigenvalue weighted by Gasteiger charge is -2.38. The Morgan fingerprint density at radius 3 is 2.57 bits per heavy atom. The zero-order valence-corrected chi connectivity index (χ0v) is 17.5. The summed E-state index contributed by atoms with van der Waals surface area (Å²) in [5.74, 6) is -3.38. The van der Waals surface area contributed by atoms with Gasteiger partial charge in [0.1, 0.15) is 0 Å². The number of nitrogens with two attached hydrogens (primary N) is 1. The number of amides is 2. The monoisotopic (exact) mass is 421 g/mol. The maximum absolute atomic E-state index is 13.7. The van der Waals surface area contributed by atoms with E-state index in [9.17, 15) is 18.4 Å². The Morgan fingerprint density at radius 2 is 1.87 bits per heavy atom. The molecule has 0 aliphatic carbocycles. The van der Waals surface area contributed by atoms with Gasteiger partial charge in [-0.15, -0.1) is 0 Å². The fourth-order valence-corrected chi connectivity index (χ4v) is 4.55. The molecule has 2 saturated heterocycles. The number of rotatable bonds is 9. The summed E-state index contributed by atoms with van der Waals surface area (Å²) in [7, 11) is 0. The fourth-order valence-electron chi connectivity index (χ4n) is 4.55. The highest BCUT2D eigenvalue weighted by Gasteiger charge is 2.36. The maximum atomic E-state index is 13.7. The molecule has 0 spiro atoms. The highest BCUT2D eigenvalue weighted by Crippen LogP contribution is 2.36. The molecule has 30 heavy (non-hydrogen) atoms. The Morgan fingerprint density at radius 1 is 1.13 bits per heavy atom. The van der Waals surface area contributed by atoms with Crippen LogP contribution in [0.25, 0.3) is 0 Å². The van der Waals surface area contributed by atoms with Gasteiger partial charge in [-0.2, -0.15) is 0 Å². The van der Waals surface area contributed by atoms with E-state index >= 15 is 0 Å². The Balaban J connectivity index is 1.75. The van der Waals surface area contributed by atoms with Crippen molar-refractivity contribution in [2.75, 3.05) is 19.6 Å². The molecule has 2 aliphatic rings. The third-order valence-electron chi connectivity index (χ3n) is 6.34. The minimum atomic E-state index is -2.57. The lowest BCUT2D eigenvalue weighted by atomic mass is 9.87. The molecule has 2 aliphatic heterocycles. The number of alkyl halides is 2. The van der Waals surface area contributed by atoms with Crippen molar-refractivity contribution in [1.29, 1.82) is 0 Å². The number of carbonyl (C=O) groups excluding carboxylic acids is 2. The predicted molar refractivity (Wildman–Crippen MR) is 112 cm³/mol. The van der Waals surface area contributed by atoms with Crippen LogP contribution in [0, 0.1) is 0 Å². The number of hydrogen-bond acceptors (Lipinski definition) is 4. The SMILES string of the molecule is NCCCCCCC(c1cccc(C2CCC(=O)NC2=O)c1)N1CCC(F)(F)CC1. The van der Waals surface area contributed by atoms with Crippen LogP contribution in [0.3, 0.4) is 0 Å². The summed E-state index contributed by atoms with van der Waals surface area (Å²) in [6.45, 7) is 1.45. The summed E-state index contributed by atoms with van der Waals surface area (Å²) in [5.41, 5.74) is 7.55. The third-order valence-corrected chi connectivity index (χ3v) is 6.34. The lowest BCUT2D eigenvalue weighted by molar-refractivity contribution is -0.134. The first kappa shape index (κ1) is 22.8. The first-order chi connectivity index (χ1) is 14.4. The first-order valence-electron chi connectivity index (χ1n) is 11.1. The summed E-state index contributed by atoms with van der Waals surface area (Å²) >= 11 is 0. The maximum Gasteiger partial charge on any atom is 0.250 e. The fraction of sp³-hybridized carbons (Fsp3) is 0.652. The average Bonchev–Trinajstić information content (AvgIpc) is 2.71. The standard InChI is InChI=1S/C23H33F2N3O2/c24-23(25)11-14-28(15-12-23)20(8-3-1-2-4-13-26)18-7-5-6-17(16-18)19-9-10-21(29)27-22(19)30/h5-7,16,19-20H,1-4,8-15,26H2,(H,27,29,30). The second-order valence-electron chi connectivity index (χ2n) is 8.57. The van der Waals surface area contributed by atoms with Crippen LogP contribution >= 0.6 is 0 Å². The number of unbranched alkanes of at least 4 members (excludes halogenated alkanes) is 3. The van der Waals surface area contributed by atoms with Crippen molar-refractivity contribution in [3.8, 4) is 0 Å². The van der Waals surface area contributed by atoms with Crippen molar-refractivity contribution < 1.29 is 18.4 Å². The molecule has 1 aromatic carbocycles. The molecule has 0 aromatic heterocycles. The van der Waals surface area contributed by atoms with Crippen LogP contribution in [0.4, 0.5) is 8.78 Å². The number of carbonyl (C=O) groups is 2. The van der Waals surface area contributed by atoms with Crippen LogP contribution in [0.5, 0.6) is 0 Å². The summed E-state index contributed by atoms with van der Waals surface area (Å²) in [6.07, 6.45) is 5.70.